The summed E-state index contributed by atoms with van der Waals surface area (Å²) >= 11 is 0. The molecule has 0 aliphatic carbocycles. The Morgan fingerprint density at radius 2 is 1.67 bits per heavy atom. The fourth-order valence-corrected chi connectivity index (χ4v) is 3.20. The summed E-state index contributed by atoms with van der Waals surface area (Å²) in [5.41, 5.74) is 0.712. The molecule has 0 unspecified atom stereocenters. The van der Waals surface area contributed by atoms with E-state index in [4.69, 9.17) is 4.74 Å². The van der Waals surface area contributed by atoms with E-state index in [1.165, 1.54) is 29.3 Å². The minimum atomic E-state index is -3.25. The van der Waals surface area contributed by atoms with Gasteiger partial charge in [0.2, 0.25) is 11.8 Å². The smallest absolute Gasteiger partial charge is 0.245 e. The number of amides is 2. The molecule has 0 atom stereocenters. The molecule has 1 aliphatic rings. The molecule has 132 valence electrons. The van der Waals surface area contributed by atoms with Crippen molar-refractivity contribution in [3.8, 4) is 0 Å². The quantitative estimate of drug-likeness (QED) is 0.749. The van der Waals surface area contributed by atoms with E-state index in [1.807, 2.05) is 0 Å². The number of hydrogen-bond acceptors (Lipinski definition) is 5. The zero-order valence-electron chi connectivity index (χ0n) is 13.9. The van der Waals surface area contributed by atoms with Gasteiger partial charge in [0.15, 0.2) is 9.84 Å². The number of methoxy groups -OCH3 is 1. The average Bonchev–Trinajstić information content (AvgIpc) is 3.02. The number of rotatable bonds is 6. The Balaban J connectivity index is 2.02. The van der Waals surface area contributed by atoms with Gasteiger partial charge in [-0.1, -0.05) is 12.1 Å². The molecule has 0 spiro atoms. The second-order valence-electron chi connectivity index (χ2n) is 5.72. The third-order valence-corrected chi connectivity index (χ3v) is 4.96. The Labute approximate surface area is 142 Å². The van der Waals surface area contributed by atoms with Crippen molar-refractivity contribution >= 4 is 21.7 Å². The van der Waals surface area contributed by atoms with E-state index in [9.17, 15) is 18.0 Å². The number of ether oxygens (including phenoxy) is 1. The fraction of sp³-hybridized carbons (Fsp3) is 0.500. The van der Waals surface area contributed by atoms with Gasteiger partial charge in [0.25, 0.3) is 0 Å². The first-order chi connectivity index (χ1) is 11.3. The molecule has 1 aliphatic heterocycles. The van der Waals surface area contributed by atoms with E-state index in [2.05, 4.69) is 0 Å². The number of hydrogen-bond donors (Lipinski definition) is 0. The van der Waals surface area contributed by atoms with E-state index in [1.54, 1.807) is 12.1 Å². The molecule has 0 saturated carbocycles. The molecule has 2 amide bonds. The van der Waals surface area contributed by atoms with Gasteiger partial charge in [-0.3, -0.25) is 19.6 Å². The molecule has 0 bridgehead atoms. The van der Waals surface area contributed by atoms with Gasteiger partial charge < -0.3 is 4.74 Å². The lowest BCUT2D eigenvalue weighted by Gasteiger charge is -2.28. The van der Waals surface area contributed by atoms with Gasteiger partial charge in [0.1, 0.15) is 0 Å². The van der Waals surface area contributed by atoms with Crippen molar-refractivity contribution in [1.29, 1.82) is 0 Å². The molecule has 1 fully saturated rings. The summed E-state index contributed by atoms with van der Waals surface area (Å²) in [6.45, 7) is 1.37. The second-order valence-corrected chi connectivity index (χ2v) is 7.74. The SMILES string of the molecule is COCCC(=O)N1CCCN1C(=O)Cc1ccc(S(C)(=O)=O)cc1. The number of hydrazine groups is 1. The van der Waals surface area contributed by atoms with E-state index < -0.39 is 9.84 Å². The first kappa shape index (κ1) is 18.4. The van der Waals surface area contributed by atoms with Crippen LogP contribution in [-0.4, -0.2) is 63.3 Å². The Hall–Kier alpha value is -1.93. The third-order valence-electron chi connectivity index (χ3n) is 3.83. The first-order valence-corrected chi connectivity index (χ1v) is 9.60. The first-order valence-electron chi connectivity index (χ1n) is 7.71. The van der Waals surface area contributed by atoms with Crippen LogP contribution in [0.5, 0.6) is 0 Å². The van der Waals surface area contributed by atoms with Crippen molar-refractivity contribution < 1.29 is 22.7 Å². The highest BCUT2D eigenvalue weighted by atomic mass is 32.2. The molecular weight excluding hydrogens is 332 g/mol. The molecule has 1 saturated heterocycles. The number of carbonyl (C=O) groups is 2. The summed E-state index contributed by atoms with van der Waals surface area (Å²) in [5, 5.41) is 2.95. The third kappa shape index (κ3) is 4.55. The van der Waals surface area contributed by atoms with Gasteiger partial charge in [-0.2, -0.15) is 0 Å². The minimum absolute atomic E-state index is 0.123. The minimum Gasteiger partial charge on any atom is -0.384 e. The lowest BCUT2D eigenvalue weighted by Crippen LogP contribution is -2.45. The highest BCUT2D eigenvalue weighted by Gasteiger charge is 2.30. The lowest BCUT2D eigenvalue weighted by molar-refractivity contribution is -0.158. The maximum atomic E-state index is 12.5. The zero-order valence-corrected chi connectivity index (χ0v) is 14.7. The fourth-order valence-electron chi connectivity index (χ4n) is 2.57. The average molecular weight is 354 g/mol. The summed E-state index contributed by atoms with van der Waals surface area (Å²) < 4.78 is 27.8. The number of carbonyl (C=O) groups excluding carboxylic acids is 2. The maximum Gasteiger partial charge on any atom is 0.245 e. The number of benzene rings is 1. The lowest BCUT2D eigenvalue weighted by atomic mass is 10.1. The number of nitrogens with zero attached hydrogens (tertiary/aromatic N) is 2. The van der Waals surface area contributed by atoms with Crippen LogP contribution in [0.15, 0.2) is 29.2 Å². The van der Waals surface area contributed by atoms with Crippen LogP contribution >= 0.6 is 0 Å². The molecule has 8 heteroatoms. The number of sulfone groups is 1. The van der Waals surface area contributed by atoms with Gasteiger partial charge in [-0.25, -0.2) is 8.42 Å². The van der Waals surface area contributed by atoms with Crippen LogP contribution in [0.4, 0.5) is 0 Å². The molecular formula is C16H22N2O5S. The van der Waals surface area contributed by atoms with Crippen molar-refractivity contribution in [1.82, 2.24) is 10.0 Å². The van der Waals surface area contributed by atoms with Crippen molar-refractivity contribution in [3.05, 3.63) is 29.8 Å². The molecule has 1 heterocycles. The van der Waals surface area contributed by atoms with Crippen molar-refractivity contribution in [3.63, 3.8) is 0 Å². The molecule has 0 aromatic heterocycles. The summed E-state index contributed by atoms with van der Waals surface area (Å²) in [7, 11) is -1.72. The van der Waals surface area contributed by atoms with Crippen LogP contribution in [-0.2, 0) is 30.6 Å². The van der Waals surface area contributed by atoms with Gasteiger partial charge >= 0.3 is 0 Å². The largest absolute Gasteiger partial charge is 0.384 e. The Bertz CT molecular complexity index is 700. The van der Waals surface area contributed by atoms with E-state index in [0.29, 0.717) is 25.3 Å². The summed E-state index contributed by atoms with van der Waals surface area (Å²) in [6, 6.07) is 6.23. The van der Waals surface area contributed by atoms with Crippen LogP contribution < -0.4 is 0 Å². The van der Waals surface area contributed by atoms with Crippen LogP contribution in [0.1, 0.15) is 18.4 Å². The Morgan fingerprint density at radius 3 is 2.21 bits per heavy atom. The highest BCUT2D eigenvalue weighted by molar-refractivity contribution is 7.90. The molecule has 1 aromatic carbocycles. The molecule has 1 aromatic rings. The molecule has 0 radical (unpaired) electrons. The van der Waals surface area contributed by atoms with Crippen molar-refractivity contribution in [2.45, 2.75) is 24.2 Å². The molecule has 2 rings (SSSR count). The van der Waals surface area contributed by atoms with Crippen molar-refractivity contribution in [2.75, 3.05) is 33.1 Å². The highest BCUT2D eigenvalue weighted by Crippen LogP contribution is 2.16. The molecule has 0 N–H and O–H groups in total. The van der Waals surface area contributed by atoms with Gasteiger partial charge in [-0.15, -0.1) is 0 Å². The van der Waals surface area contributed by atoms with Crippen molar-refractivity contribution in [2.24, 2.45) is 0 Å². The van der Waals surface area contributed by atoms with Crippen LogP contribution in [0.2, 0.25) is 0 Å². The molecule has 24 heavy (non-hydrogen) atoms. The predicted molar refractivity (Wildman–Crippen MR) is 87.8 cm³/mol. The van der Waals surface area contributed by atoms with E-state index >= 15 is 0 Å². The van der Waals surface area contributed by atoms with Gasteiger partial charge in [0.05, 0.1) is 24.3 Å². The normalized spacial score (nSPS) is 14.9. The standard InChI is InChI=1S/C16H22N2O5S/c1-23-11-8-15(19)17-9-3-10-18(17)16(20)12-13-4-6-14(7-5-13)24(2,21)22/h4-7H,3,8-12H2,1-2H3. The van der Waals surface area contributed by atoms with Gasteiger partial charge in [0, 0.05) is 26.5 Å². The van der Waals surface area contributed by atoms with Gasteiger partial charge in [-0.05, 0) is 24.1 Å². The predicted octanol–water partition coefficient (Wildman–Crippen LogP) is 0.645. The Kier molecular flexibility index (Phi) is 5.95. The van der Waals surface area contributed by atoms with Crippen LogP contribution in [0, 0.1) is 0 Å². The topological polar surface area (TPSA) is 84.0 Å². The van der Waals surface area contributed by atoms with Crippen LogP contribution in [0.3, 0.4) is 0 Å². The summed E-state index contributed by atoms with van der Waals surface area (Å²) in [5.74, 6) is -0.305. The summed E-state index contributed by atoms with van der Waals surface area (Å²) in [6.07, 6.45) is 2.25. The zero-order chi connectivity index (χ0) is 17.7. The maximum absolute atomic E-state index is 12.5. The van der Waals surface area contributed by atoms with Crippen LogP contribution in [0.25, 0.3) is 0 Å². The summed E-state index contributed by atoms with van der Waals surface area (Å²) in [4.78, 5) is 24.8. The monoisotopic (exact) mass is 354 g/mol. The molecule has 7 nitrogen and oxygen atoms in total. The Morgan fingerprint density at radius 1 is 1.08 bits per heavy atom. The van der Waals surface area contributed by atoms with E-state index in [-0.39, 0.29) is 29.6 Å². The van der Waals surface area contributed by atoms with E-state index in [0.717, 1.165) is 12.7 Å². The second kappa shape index (κ2) is 7.76.